The van der Waals surface area contributed by atoms with Crippen LogP contribution in [0.4, 0.5) is 0 Å². The van der Waals surface area contributed by atoms with Crippen molar-refractivity contribution in [1.29, 1.82) is 0 Å². The maximum atomic E-state index is 13.0. The highest BCUT2D eigenvalue weighted by Crippen LogP contribution is 2.19. The summed E-state index contributed by atoms with van der Waals surface area (Å²) in [6.45, 7) is 6.69. The van der Waals surface area contributed by atoms with Gasteiger partial charge in [-0.25, -0.2) is 0 Å². The summed E-state index contributed by atoms with van der Waals surface area (Å²) in [6.07, 6.45) is 87.4. The first kappa shape index (κ1) is 78.6. The van der Waals surface area contributed by atoms with E-state index in [-0.39, 0.29) is 31.1 Å². The third kappa shape index (κ3) is 68.3. The van der Waals surface area contributed by atoms with Crippen LogP contribution in [-0.2, 0) is 28.6 Å². The van der Waals surface area contributed by atoms with Crippen LogP contribution in [0.15, 0.2) is 36.5 Å². The standard InChI is InChI=1S/C75H140O6/c1-4-7-10-13-16-19-22-25-28-31-34-35-36-37-38-39-42-44-47-50-53-56-59-62-65-68-74(77)80-71-72(81-75(78)69-66-63-60-57-54-51-48-45-41-33-30-27-24-21-18-15-12-9-6-3)70-79-73(76)67-64-61-58-55-52-49-46-43-40-32-29-26-23-20-17-14-11-8-5-2/h18,21,26-27,29-30,72H,4-17,19-20,22-25,28,31-71H2,1-3H3/b21-18-,29-26-,30-27-. The van der Waals surface area contributed by atoms with Crippen LogP contribution in [-0.4, -0.2) is 37.2 Å². The van der Waals surface area contributed by atoms with Crippen molar-refractivity contribution in [2.24, 2.45) is 0 Å². The van der Waals surface area contributed by atoms with Gasteiger partial charge in [-0.3, -0.25) is 14.4 Å². The Balaban J connectivity index is 4.28. The van der Waals surface area contributed by atoms with Crippen molar-refractivity contribution in [2.75, 3.05) is 13.2 Å². The van der Waals surface area contributed by atoms with E-state index in [0.717, 1.165) is 64.2 Å². The Morgan fingerprint density at radius 1 is 0.247 bits per heavy atom. The number of ether oxygens (including phenoxy) is 3. The van der Waals surface area contributed by atoms with Crippen LogP contribution in [0.25, 0.3) is 0 Å². The monoisotopic (exact) mass is 1140 g/mol. The van der Waals surface area contributed by atoms with Gasteiger partial charge >= 0.3 is 17.9 Å². The number of rotatable bonds is 68. The molecule has 0 saturated carbocycles. The molecule has 0 radical (unpaired) electrons. The van der Waals surface area contributed by atoms with Gasteiger partial charge in [0.05, 0.1) is 0 Å². The first-order chi connectivity index (χ1) is 40.0. The third-order valence-corrected chi connectivity index (χ3v) is 16.6. The molecule has 0 saturated heterocycles. The first-order valence-corrected chi connectivity index (χ1v) is 36.5. The molecule has 0 aliphatic heterocycles. The molecule has 0 N–H and O–H groups in total. The highest BCUT2D eigenvalue weighted by molar-refractivity contribution is 5.71. The van der Waals surface area contributed by atoms with Gasteiger partial charge in [-0.1, -0.05) is 346 Å². The Hall–Kier alpha value is -2.37. The molecule has 0 spiro atoms. The minimum atomic E-state index is -0.775. The summed E-state index contributed by atoms with van der Waals surface area (Å²) >= 11 is 0. The molecule has 0 aromatic rings. The maximum Gasteiger partial charge on any atom is 0.306 e. The molecule has 476 valence electrons. The van der Waals surface area contributed by atoms with Crippen molar-refractivity contribution < 1.29 is 28.6 Å². The average Bonchev–Trinajstić information content (AvgIpc) is 3.47. The lowest BCUT2D eigenvalue weighted by molar-refractivity contribution is -0.167. The van der Waals surface area contributed by atoms with Gasteiger partial charge in [0.15, 0.2) is 6.10 Å². The van der Waals surface area contributed by atoms with Crippen LogP contribution < -0.4 is 0 Å². The van der Waals surface area contributed by atoms with Crippen LogP contribution in [0.2, 0.25) is 0 Å². The zero-order chi connectivity index (χ0) is 58.5. The van der Waals surface area contributed by atoms with Crippen molar-refractivity contribution >= 4 is 17.9 Å². The molecule has 0 aromatic heterocycles. The number of hydrogen-bond acceptors (Lipinski definition) is 6. The maximum absolute atomic E-state index is 13.0. The number of esters is 3. The summed E-state index contributed by atoms with van der Waals surface area (Å²) in [4.78, 5) is 38.5. The van der Waals surface area contributed by atoms with Crippen LogP contribution >= 0.6 is 0 Å². The highest BCUT2D eigenvalue weighted by atomic mass is 16.6. The van der Waals surface area contributed by atoms with Gasteiger partial charge in [-0.15, -0.1) is 0 Å². The predicted octanol–water partition coefficient (Wildman–Crippen LogP) is 25.1. The molecule has 0 fully saturated rings. The molecule has 0 bridgehead atoms. The van der Waals surface area contributed by atoms with Gasteiger partial charge in [0, 0.05) is 19.3 Å². The SMILES string of the molecule is CCCCC/C=C\C/C=C\CCCCCCCCCCCC(=O)OC(COC(=O)CCCCCCCCCCC/C=C\CCCCCCCC)COC(=O)CCCCCCCCCCCCCCCCCCCCCCCCCCC. The van der Waals surface area contributed by atoms with Crippen molar-refractivity contribution in [3.05, 3.63) is 36.5 Å². The van der Waals surface area contributed by atoms with E-state index in [1.54, 1.807) is 0 Å². The van der Waals surface area contributed by atoms with Crippen LogP contribution in [0.1, 0.15) is 406 Å². The number of allylic oxidation sites excluding steroid dienone is 6. The summed E-state index contributed by atoms with van der Waals surface area (Å²) in [6, 6.07) is 0. The van der Waals surface area contributed by atoms with E-state index in [4.69, 9.17) is 14.2 Å². The average molecular weight is 1140 g/mol. The minimum Gasteiger partial charge on any atom is -0.462 e. The zero-order valence-corrected chi connectivity index (χ0v) is 54.8. The van der Waals surface area contributed by atoms with Crippen molar-refractivity contribution in [3.63, 3.8) is 0 Å². The number of carbonyl (C=O) groups is 3. The molecule has 1 atom stereocenters. The molecule has 0 aromatic carbocycles. The Bertz CT molecular complexity index is 1350. The van der Waals surface area contributed by atoms with Crippen molar-refractivity contribution in [2.45, 2.75) is 412 Å². The summed E-state index contributed by atoms with van der Waals surface area (Å²) < 4.78 is 17.0. The molecule has 6 nitrogen and oxygen atoms in total. The van der Waals surface area contributed by atoms with Gasteiger partial charge in [0.2, 0.25) is 0 Å². The Morgan fingerprint density at radius 2 is 0.444 bits per heavy atom. The van der Waals surface area contributed by atoms with E-state index in [2.05, 4.69) is 57.2 Å². The highest BCUT2D eigenvalue weighted by Gasteiger charge is 2.19. The second-order valence-electron chi connectivity index (χ2n) is 24.9. The smallest absolute Gasteiger partial charge is 0.306 e. The summed E-state index contributed by atoms with van der Waals surface area (Å²) in [5.74, 6) is -0.844. The molecule has 81 heavy (non-hydrogen) atoms. The first-order valence-electron chi connectivity index (χ1n) is 36.5. The largest absolute Gasteiger partial charge is 0.462 e. The van der Waals surface area contributed by atoms with E-state index in [0.29, 0.717) is 19.3 Å². The van der Waals surface area contributed by atoms with Gasteiger partial charge in [0.25, 0.3) is 0 Å². The number of carbonyl (C=O) groups excluding carboxylic acids is 3. The molecular formula is C75H140O6. The topological polar surface area (TPSA) is 78.9 Å². The summed E-state index contributed by atoms with van der Waals surface area (Å²) in [7, 11) is 0. The number of hydrogen-bond donors (Lipinski definition) is 0. The van der Waals surface area contributed by atoms with E-state index < -0.39 is 6.10 Å². The van der Waals surface area contributed by atoms with E-state index >= 15 is 0 Å². The van der Waals surface area contributed by atoms with Crippen molar-refractivity contribution in [1.82, 2.24) is 0 Å². The molecular weight excluding hydrogens is 997 g/mol. The number of unbranched alkanes of at least 4 members (excludes halogenated alkanes) is 51. The van der Waals surface area contributed by atoms with Gasteiger partial charge in [-0.05, 0) is 77.0 Å². The normalized spacial score (nSPS) is 12.2. The second-order valence-corrected chi connectivity index (χ2v) is 24.9. The lowest BCUT2D eigenvalue weighted by atomic mass is 10.0. The fourth-order valence-electron chi connectivity index (χ4n) is 11.1. The fourth-order valence-corrected chi connectivity index (χ4v) is 11.1. The molecule has 0 amide bonds. The van der Waals surface area contributed by atoms with E-state index in [9.17, 15) is 14.4 Å². The van der Waals surface area contributed by atoms with Crippen LogP contribution in [0.3, 0.4) is 0 Å². The summed E-state index contributed by atoms with van der Waals surface area (Å²) in [5, 5.41) is 0. The van der Waals surface area contributed by atoms with Crippen molar-refractivity contribution in [3.8, 4) is 0 Å². The van der Waals surface area contributed by atoms with E-state index in [1.165, 1.54) is 302 Å². The zero-order valence-electron chi connectivity index (χ0n) is 54.8. The van der Waals surface area contributed by atoms with Crippen LogP contribution in [0.5, 0.6) is 0 Å². The Labute approximate surface area is 506 Å². The van der Waals surface area contributed by atoms with Gasteiger partial charge in [-0.2, -0.15) is 0 Å². The molecule has 6 heteroatoms. The lowest BCUT2D eigenvalue weighted by Gasteiger charge is -2.18. The molecule has 1 unspecified atom stereocenters. The molecule has 0 heterocycles. The second kappa shape index (κ2) is 70.1. The quantitative estimate of drug-likeness (QED) is 0.0261. The molecule has 0 aliphatic carbocycles. The Kier molecular flexibility index (Phi) is 68.1. The van der Waals surface area contributed by atoms with Gasteiger partial charge < -0.3 is 14.2 Å². The lowest BCUT2D eigenvalue weighted by Crippen LogP contribution is -2.30. The fraction of sp³-hybridized carbons (Fsp3) is 0.880. The minimum absolute atomic E-state index is 0.0694. The molecule has 0 rings (SSSR count). The van der Waals surface area contributed by atoms with E-state index in [1.807, 2.05) is 0 Å². The third-order valence-electron chi connectivity index (χ3n) is 16.6. The molecule has 0 aliphatic rings. The van der Waals surface area contributed by atoms with Gasteiger partial charge in [0.1, 0.15) is 13.2 Å². The Morgan fingerprint density at radius 3 is 0.716 bits per heavy atom. The summed E-state index contributed by atoms with van der Waals surface area (Å²) in [5.41, 5.74) is 0. The predicted molar refractivity (Wildman–Crippen MR) is 353 cm³/mol. The van der Waals surface area contributed by atoms with Crippen LogP contribution in [0, 0.1) is 0 Å².